The Morgan fingerprint density at radius 3 is 2.39 bits per heavy atom. The van der Waals surface area contributed by atoms with E-state index in [2.05, 4.69) is 24.1 Å². The topological polar surface area (TPSA) is 87.5 Å². The van der Waals surface area contributed by atoms with Crippen molar-refractivity contribution in [3.63, 3.8) is 0 Å². The van der Waals surface area contributed by atoms with Gasteiger partial charge in [-0.15, -0.1) is 0 Å². The zero-order valence-electron chi connectivity index (χ0n) is 11.2. The van der Waals surface area contributed by atoms with Gasteiger partial charge in [-0.05, 0) is 26.7 Å². The van der Waals surface area contributed by atoms with Gasteiger partial charge in [0.15, 0.2) is 0 Å². The lowest BCUT2D eigenvalue weighted by Gasteiger charge is -2.38. The number of piperidine rings is 1. The largest absolute Gasteiger partial charge is 0.354 e. The number of hydrazine groups is 1. The van der Waals surface area contributed by atoms with Crippen LogP contribution in [-0.4, -0.2) is 41.9 Å². The summed E-state index contributed by atoms with van der Waals surface area (Å²) in [6.45, 7) is 5.06. The van der Waals surface area contributed by atoms with Gasteiger partial charge in [0.05, 0.1) is 6.54 Å². The molecule has 0 bridgehead atoms. The fraction of sp³-hybridized carbons (Fsp3) is 0.833. The van der Waals surface area contributed by atoms with Gasteiger partial charge in [0.2, 0.25) is 11.8 Å². The van der Waals surface area contributed by atoms with Crippen molar-refractivity contribution in [3.8, 4) is 0 Å². The standard InChI is InChI=1S/C12H24N4O2/c1-9-4-3-5-10(2)16(9)8-12(18)14-7-6-11(17)15-13/h9-10H,3-8,13H2,1-2H3,(H,14,18)(H,15,17)/t9-,10+. The van der Waals surface area contributed by atoms with E-state index >= 15 is 0 Å². The van der Waals surface area contributed by atoms with Crippen LogP contribution in [0.15, 0.2) is 0 Å². The Balaban J connectivity index is 2.28. The Morgan fingerprint density at radius 2 is 1.83 bits per heavy atom. The lowest BCUT2D eigenvalue weighted by atomic mass is 9.97. The summed E-state index contributed by atoms with van der Waals surface area (Å²) in [5, 5.41) is 2.74. The van der Waals surface area contributed by atoms with Gasteiger partial charge in [-0.25, -0.2) is 5.84 Å². The second kappa shape index (κ2) is 7.33. The predicted octanol–water partition coefficient (Wildman–Crippen LogP) is -0.254. The first kappa shape index (κ1) is 14.9. The number of nitrogens with one attached hydrogen (secondary N) is 2. The van der Waals surface area contributed by atoms with Gasteiger partial charge < -0.3 is 5.32 Å². The zero-order valence-corrected chi connectivity index (χ0v) is 11.2. The highest BCUT2D eigenvalue weighted by Gasteiger charge is 2.26. The normalized spacial score (nSPS) is 24.6. The van der Waals surface area contributed by atoms with E-state index < -0.39 is 0 Å². The quantitative estimate of drug-likeness (QED) is 0.359. The Hall–Kier alpha value is -1.14. The zero-order chi connectivity index (χ0) is 13.5. The second-order valence-corrected chi connectivity index (χ2v) is 4.97. The number of rotatable bonds is 5. The minimum atomic E-state index is -0.269. The summed E-state index contributed by atoms with van der Waals surface area (Å²) in [6, 6.07) is 0.902. The molecular formula is C12H24N4O2. The molecule has 0 aromatic rings. The number of nitrogens with two attached hydrogens (primary N) is 1. The fourth-order valence-corrected chi connectivity index (χ4v) is 2.40. The van der Waals surface area contributed by atoms with Gasteiger partial charge >= 0.3 is 0 Å². The van der Waals surface area contributed by atoms with Gasteiger partial charge in [0.1, 0.15) is 0 Å². The second-order valence-electron chi connectivity index (χ2n) is 4.97. The van der Waals surface area contributed by atoms with E-state index in [4.69, 9.17) is 5.84 Å². The summed E-state index contributed by atoms with van der Waals surface area (Å²) in [7, 11) is 0. The Bertz CT molecular complexity index is 286. The smallest absolute Gasteiger partial charge is 0.235 e. The third-order valence-corrected chi connectivity index (χ3v) is 3.54. The van der Waals surface area contributed by atoms with Gasteiger partial charge in [0, 0.05) is 25.0 Å². The van der Waals surface area contributed by atoms with Crippen LogP contribution >= 0.6 is 0 Å². The van der Waals surface area contributed by atoms with Crippen molar-refractivity contribution in [2.75, 3.05) is 13.1 Å². The minimum absolute atomic E-state index is 0.0274. The predicted molar refractivity (Wildman–Crippen MR) is 69.4 cm³/mol. The molecule has 2 amide bonds. The van der Waals surface area contributed by atoms with Crippen LogP contribution in [0.25, 0.3) is 0 Å². The van der Waals surface area contributed by atoms with E-state index in [1.807, 2.05) is 5.43 Å². The molecule has 1 aliphatic rings. The molecule has 1 fully saturated rings. The van der Waals surface area contributed by atoms with E-state index in [0.29, 0.717) is 25.2 Å². The van der Waals surface area contributed by atoms with Gasteiger partial charge in [-0.2, -0.15) is 0 Å². The highest BCUT2D eigenvalue weighted by Crippen LogP contribution is 2.21. The van der Waals surface area contributed by atoms with E-state index in [9.17, 15) is 9.59 Å². The molecule has 1 rings (SSSR count). The molecule has 2 atom stereocenters. The van der Waals surface area contributed by atoms with Crippen molar-refractivity contribution < 1.29 is 9.59 Å². The summed E-state index contributed by atoms with van der Waals surface area (Å²) in [6.07, 6.45) is 3.74. The molecule has 0 radical (unpaired) electrons. The third kappa shape index (κ3) is 4.62. The van der Waals surface area contributed by atoms with E-state index in [0.717, 1.165) is 12.8 Å². The number of likely N-dealkylation sites (tertiary alicyclic amines) is 1. The summed E-state index contributed by atoms with van der Waals surface area (Å²) in [4.78, 5) is 24.9. The first-order valence-electron chi connectivity index (χ1n) is 6.56. The van der Waals surface area contributed by atoms with Gasteiger partial charge in [-0.1, -0.05) is 6.42 Å². The van der Waals surface area contributed by atoms with Crippen LogP contribution in [0.4, 0.5) is 0 Å². The molecule has 0 spiro atoms. The molecule has 1 aliphatic heterocycles. The van der Waals surface area contributed by atoms with Crippen LogP contribution in [-0.2, 0) is 9.59 Å². The first-order chi connectivity index (χ1) is 8.54. The van der Waals surface area contributed by atoms with Gasteiger partial charge in [0.25, 0.3) is 0 Å². The van der Waals surface area contributed by atoms with Crippen molar-refractivity contribution >= 4 is 11.8 Å². The Kier molecular flexibility index (Phi) is 6.07. The SMILES string of the molecule is C[C@@H]1CCC[C@H](C)N1CC(=O)NCCC(=O)NN. The first-order valence-corrected chi connectivity index (χ1v) is 6.56. The molecule has 0 aliphatic carbocycles. The Morgan fingerprint density at radius 1 is 1.22 bits per heavy atom. The highest BCUT2D eigenvalue weighted by atomic mass is 16.2. The molecule has 4 N–H and O–H groups in total. The molecule has 18 heavy (non-hydrogen) atoms. The van der Waals surface area contributed by atoms with Crippen LogP contribution in [0.3, 0.4) is 0 Å². The molecule has 1 saturated heterocycles. The Labute approximate surface area is 108 Å². The third-order valence-electron chi connectivity index (χ3n) is 3.54. The maximum Gasteiger partial charge on any atom is 0.235 e. The van der Waals surface area contributed by atoms with E-state index in [-0.39, 0.29) is 18.2 Å². The molecule has 0 saturated carbocycles. The molecule has 0 unspecified atom stereocenters. The molecule has 6 heteroatoms. The van der Waals surface area contributed by atoms with Crippen LogP contribution in [0.1, 0.15) is 39.5 Å². The highest BCUT2D eigenvalue weighted by molar-refractivity contribution is 5.79. The minimum Gasteiger partial charge on any atom is -0.354 e. The average molecular weight is 256 g/mol. The van der Waals surface area contributed by atoms with Crippen molar-refractivity contribution in [1.29, 1.82) is 0 Å². The molecule has 1 heterocycles. The average Bonchev–Trinajstić information content (AvgIpc) is 2.34. The van der Waals surface area contributed by atoms with Crippen LogP contribution in [0.2, 0.25) is 0 Å². The number of hydrogen-bond acceptors (Lipinski definition) is 4. The van der Waals surface area contributed by atoms with Crippen LogP contribution in [0.5, 0.6) is 0 Å². The van der Waals surface area contributed by atoms with Crippen molar-refractivity contribution in [2.24, 2.45) is 5.84 Å². The number of hydrogen-bond donors (Lipinski definition) is 3. The maximum atomic E-state index is 11.8. The summed E-state index contributed by atoms with van der Waals surface area (Å²) in [5.74, 6) is 4.66. The van der Waals surface area contributed by atoms with E-state index in [1.165, 1.54) is 6.42 Å². The lowest BCUT2D eigenvalue weighted by molar-refractivity contribution is -0.124. The van der Waals surface area contributed by atoms with E-state index in [1.54, 1.807) is 0 Å². The van der Waals surface area contributed by atoms with Crippen LogP contribution in [0, 0.1) is 0 Å². The van der Waals surface area contributed by atoms with Crippen molar-refractivity contribution in [3.05, 3.63) is 0 Å². The molecule has 6 nitrogen and oxygen atoms in total. The number of amides is 2. The summed E-state index contributed by atoms with van der Waals surface area (Å²) in [5.41, 5.74) is 2.03. The summed E-state index contributed by atoms with van der Waals surface area (Å²) >= 11 is 0. The van der Waals surface area contributed by atoms with Gasteiger partial charge in [-0.3, -0.25) is 19.9 Å². The number of nitrogens with zero attached hydrogens (tertiary/aromatic N) is 1. The summed E-state index contributed by atoms with van der Waals surface area (Å²) < 4.78 is 0. The molecule has 0 aromatic carbocycles. The van der Waals surface area contributed by atoms with Crippen molar-refractivity contribution in [2.45, 2.75) is 51.6 Å². The number of carbonyl (C=O) groups is 2. The molecule has 104 valence electrons. The monoisotopic (exact) mass is 256 g/mol. The molecule has 0 aromatic heterocycles. The maximum absolute atomic E-state index is 11.8. The number of carbonyl (C=O) groups excluding carboxylic acids is 2. The fourth-order valence-electron chi connectivity index (χ4n) is 2.40. The molecular weight excluding hydrogens is 232 g/mol. The lowest BCUT2D eigenvalue weighted by Crippen LogP contribution is -2.49. The van der Waals surface area contributed by atoms with Crippen LogP contribution < -0.4 is 16.6 Å². The van der Waals surface area contributed by atoms with Crippen molar-refractivity contribution in [1.82, 2.24) is 15.6 Å².